The van der Waals surface area contributed by atoms with E-state index >= 15 is 0 Å². The molecular formula is C26H25BeI2P2+. The fourth-order valence-electron chi connectivity index (χ4n) is 3.58. The molecule has 0 aliphatic carbocycles. The fourth-order valence-corrected chi connectivity index (χ4v) is 9.35. The van der Waals surface area contributed by atoms with Crippen molar-refractivity contribution in [2.24, 2.45) is 0 Å². The van der Waals surface area contributed by atoms with Gasteiger partial charge in [-0.1, -0.05) is 97.1 Å². The van der Waals surface area contributed by atoms with Crippen LogP contribution in [0.4, 0.5) is 0 Å². The van der Waals surface area contributed by atoms with Crippen LogP contribution in [0.1, 0.15) is 0 Å². The first-order valence-corrected chi connectivity index (χ1v) is 13.0. The maximum absolute atomic E-state index is 2.31. The number of hydrogen-bond acceptors (Lipinski definition) is 0. The van der Waals surface area contributed by atoms with E-state index in [1.165, 1.54) is 33.5 Å². The molecule has 5 heteroatoms. The Kier molecular flexibility index (Phi) is 14.0. The predicted octanol–water partition coefficient (Wildman–Crippen LogP) is -1.39. The maximum Gasteiger partial charge on any atom is 2.00 e. The maximum atomic E-state index is 2.31. The Labute approximate surface area is 227 Å². The SMILES string of the molecule is [Be+2].[I-].[I-].c1ccc(P(CC[PH+](c2ccccc2)c2ccccc2)c2ccccc2)cc1. The molecule has 0 amide bonds. The van der Waals surface area contributed by atoms with E-state index in [4.69, 9.17) is 0 Å². The summed E-state index contributed by atoms with van der Waals surface area (Å²) in [6.07, 6.45) is 2.47. The molecule has 0 fully saturated rings. The van der Waals surface area contributed by atoms with Crippen LogP contribution in [-0.2, 0) is 0 Å². The van der Waals surface area contributed by atoms with Crippen molar-refractivity contribution >= 4 is 47.2 Å². The first kappa shape index (κ1) is 28.4. The zero-order valence-corrected chi connectivity index (χ0v) is 23.6. The Balaban J connectivity index is 0.00000160. The number of halogens is 2. The molecule has 4 aromatic carbocycles. The minimum absolute atomic E-state index is 0. The van der Waals surface area contributed by atoms with Crippen molar-refractivity contribution < 1.29 is 48.0 Å². The molecule has 4 aromatic rings. The van der Waals surface area contributed by atoms with Crippen LogP contribution >= 0.6 is 15.8 Å². The second kappa shape index (κ2) is 15.2. The molecule has 0 heterocycles. The summed E-state index contributed by atoms with van der Waals surface area (Å²) in [4.78, 5) is 0. The predicted molar refractivity (Wildman–Crippen MR) is 135 cm³/mol. The fraction of sp³-hybridized carbons (Fsp3) is 0.0769. The summed E-state index contributed by atoms with van der Waals surface area (Å²) in [6.45, 7) is 0. The van der Waals surface area contributed by atoms with Gasteiger partial charge in [-0.2, -0.15) is 0 Å². The van der Waals surface area contributed by atoms with Crippen LogP contribution in [-0.4, -0.2) is 22.4 Å². The van der Waals surface area contributed by atoms with E-state index < -0.39 is 7.92 Å². The minimum atomic E-state index is -0.793. The molecule has 0 bridgehead atoms. The summed E-state index contributed by atoms with van der Waals surface area (Å²) >= 11 is 0. The Morgan fingerprint density at radius 2 is 0.806 bits per heavy atom. The van der Waals surface area contributed by atoms with E-state index in [-0.39, 0.29) is 66.0 Å². The molecule has 0 atom stereocenters. The van der Waals surface area contributed by atoms with Crippen molar-refractivity contribution in [3.8, 4) is 0 Å². The molecule has 0 nitrogen and oxygen atoms in total. The zero-order valence-electron chi connectivity index (χ0n) is 17.4. The van der Waals surface area contributed by atoms with Crippen LogP contribution in [0.25, 0.3) is 0 Å². The molecular weight excluding hydrogens is 637 g/mol. The molecule has 0 saturated carbocycles. The van der Waals surface area contributed by atoms with Crippen molar-refractivity contribution in [3.05, 3.63) is 121 Å². The van der Waals surface area contributed by atoms with E-state index in [0.29, 0.717) is 0 Å². The van der Waals surface area contributed by atoms with Gasteiger partial charge in [0, 0.05) is 6.16 Å². The van der Waals surface area contributed by atoms with Crippen molar-refractivity contribution in [1.29, 1.82) is 0 Å². The molecule has 154 valence electrons. The molecule has 31 heavy (non-hydrogen) atoms. The van der Waals surface area contributed by atoms with Crippen molar-refractivity contribution in [2.75, 3.05) is 12.3 Å². The molecule has 0 aromatic heterocycles. The van der Waals surface area contributed by atoms with Gasteiger partial charge in [-0.15, -0.1) is 0 Å². The van der Waals surface area contributed by atoms with E-state index in [9.17, 15) is 0 Å². The van der Waals surface area contributed by atoms with Gasteiger partial charge in [-0.25, -0.2) is 0 Å². The average molecular weight is 662 g/mol. The van der Waals surface area contributed by atoms with Crippen LogP contribution in [0.3, 0.4) is 0 Å². The number of rotatable bonds is 7. The molecule has 0 N–H and O–H groups in total. The molecule has 4 rings (SSSR count). The third-order valence-electron chi connectivity index (χ3n) is 4.97. The monoisotopic (exact) mass is 662 g/mol. The van der Waals surface area contributed by atoms with Crippen LogP contribution in [0.2, 0.25) is 0 Å². The van der Waals surface area contributed by atoms with E-state index in [1.807, 2.05) is 0 Å². The smallest absolute Gasteiger partial charge is 1.00 e. The Morgan fingerprint density at radius 3 is 1.16 bits per heavy atom. The van der Waals surface area contributed by atoms with Crippen LogP contribution in [0.5, 0.6) is 0 Å². The summed E-state index contributed by atoms with van der Waals surface area (Å²) < 4.78 is 0. The van der Waals surface area contributed by atoms with Gasteiger partial charge in [0.15, 0.2) is 0 Å². The molecule has 0 aliphatic heterocycles. The number of hydrogen-bond donors (Lipinski definition) is 0. The summed E-state index contributed by atoms with van der Waals surface area (Å²) in [5.41, 5.74) is 0. The third-order valence-corrected chi connectivity index (χ3v) is 10.7. The van der Waals surface area contributed by atoms with Crippen molar-refractivity contribution in [2.45, 2.75) is 0 Å². The molecule has 0 saturated heterocycles. The third kappa shape index (κ3) is 8.02. The summed E-state index contributed by atoms with van der Waals surface area (Å²) in [5.74, 6) is 0. The molecule has 0 aliphatic rings. The zero-order chi connectivity index (χ0) is 19.0. The largest absolute Gasteiger partial charge is 2.00 e. The number of benzene rings is 4. The standard InChI is InChI=1S/C26H24P2.Be.2HI/c1-5-13-23(14-6-1)27(24-15-7-2-8-16-24)21-22-28(25-17-9-3-10-18-25)26-19-11-4-12-20-26;;;/h1-20H,21-22H2;;2*1H/q;+2;;/p-1. The first-order valence-electron chi connectivity index (χ1n) is 9.76. The second-order valence-corrected chi connectivity index (χ2v) is 11.7. The van der Waals surface area contributed by atoms with E-state index in [2.05, 4.69) is 121 Å². The van der Waals surface area contributed by atoms with Crippen LogP contribution < -0.4 is 69.2 Å². The van der Waals surface area contributed by atoms with Gasteiger partial charge in [0.05, 0.1) is 24.7 Å². The van der Waals surface area contributed by atoms with Gasteiger partial charge in [-0.05, 0) is 42.8 Å². The molecule has 0 unspecified atom stereocenters. The van der Waals surface area contributed by atoms with Gasteiger partial charge in [-0.3, -0.25) is 0 Å². The van der Waals surface area contributed by atoms with Crippen molar-refractivity contribution in [1.82, 2.24) is 0 Å². The average Bonchev–Trinajstić information content (AvgIpc) is 2.79. The van der Waals surface area contributed by atoms with Gasteiger partial charge in [0.1, 0.15) is 0 Å². The summed E-state index contributed by atoms with van der Waals surface area (Å²) in [6, 6.07) is 44.4. The Bertz CT molecular complexity index is 809. The van der Waals surface area contributed by atoms with Gasteiger partial charge >= 0.3 is 10.1 Å². The van der Waals surface area contributed by atoms with Gasteiger partial charge < -0.3 is 48.0 Å². The van der Waals surface area contributed by atoms with Gasteiger partial charge in [0.25, 0.3) is 0 Å². The van der Waals surface area contributed by atoms with E-state index in [0.717, 1.165) is 0 Å². The summed E-state index contributed by atoms with van der Waals surface area (Å²) in [7, 11) is -1.13. The Hall–Kier alpha value is -0.631. The van der Waals surface area contributed by atoms with Crippen LogP contribution in [0, 0.1) is 0 Å². The minimum Gasteiger partial charge on any atom is -1.00 e. The topological polar surface area (TPSA) is 0 Å². The second-order valence-electron chi connectivity index (χ2n) is 6.78. The van der Waals surface area contributed by atoms with Crippen molar-refractivity contribution in [3.63, 3.8) is 0 Å². The molecule has 0 spiro atoms. The molecule has 0 radical (unpaired) electrons. The summed E-state index contributed by atoms with van der Waals surface area (Å²) in [5, 5.41) is 5.97. The van der Waals surface area contributed by atoms with Crippen LogP contribution in [0.15, 0.2) is 121 Å². The normalized spacial score (nSPS) is 10.0. The van der Waals surface area contributed by atoms with Gasteiger partial charge in [0.2, 0.25) is 0 Å². The van der Waals surface area contributed by atoms with E-state index in [1.54, 1.807) is 0 Å². The first-order chi connectivity index (χ1) is 13.9. The quantitative estimate of drug-likeness (QED) is 0.130. The Morgan fingerprint density at radius 1 is 0.484 bits per heavy atom.